The highest BCUT2D eigenvalue weighted by Gasteiger charge is 2.33. The number of halogens is 4. The van der Waals surface area contributed by atoms with Gasteiger partial charge in [-0.1, -0.05) is 11.6 Å². The van der Waals surface area contributed by atoms with Gasteiger partial charge in [0.25, 0.3) is 0 Å². The maximum Gasteiger partial charge on any atom is 0.435 e. The van der Waals surface area contributed by atoms with Crippen molar-refractivity contribution in [3.63, 3.8) is 0 Å². The quantitative estimate of drug-likeness (QED) is 0.726. The van der Waals surface area contributed by atoms with E-state index in [2.05, 4.69) is 10.1 Å². The molecule has 2 heterocycles. The first-order valence-corrected chi connectivity index (χ1v) is 4.59. The van der Waals surface area contributed by atoms with E-state index in [0.29, 0.717) is 5.69 Å². The second-order valence-electron chi connectivity index (χ2n) is 2.98. The minimum atomic E-state index is -4.44. The summed E-state index contributed by atoms with van der Waals surface area (Å²) in [6.07, 6.45) is -1.83. The Morgan fingerprint density at radius 3 is 2.56 bits per heavy atom. The minimum absolute atomic E-state index is 0.196. The van der Waals surface area contributed by atoms with Crippen LogP contribution in [0.3, 0.4) is 0 Å². The van der Waals surface area contributed by atoms with E-state index in [-0.39, 0.29) is 5.15 Å². The van der Waals surface area contributed by atoms with E-state index in [0.717, 1.165) is 10.7 Å². The van der Waals surface area contributed by atoms with Crippen molar-refractivity contribution >= 4 is 11.6 Å². The number of pyridine rings is 1. The van der Waals surface area contributed by atoms with Crippen molar-refractivity contribution in [2.75, 3.05) is 0 Å². The van der Waals surface area contributed by atoms with Gasteiger partial charge in [-0.15, -0.1) is 0 Å². The van der Waals surface area contributed by atoms with Gasteiger partial charge in [-0.05, 0) is 12.1 Å². The second-order valence-corrected chi connectivity index (χ2v) is 3.37. The largest absolute Gasteiger partial charge is 0.435 e. The summed E-state index contributed by atoms with van der Waals surface area (Å²) >= 11 is 5.62. The van der Waals surface area contributed by atoms with Crippen LogP contribution in [0.5, 0.6) is 0 Å². The van der Waals surface area contributed by atoms with E-state index in [1.807, 2.05) is 0 Å². The summed E-state index contributed by atoms with van der Waals surface area (Å²) in [5, 5.41) is 3.59. The first kappa shape index (κ1) is 10.9. The maximum absolute atomic E-state index is 12.3. The Bertz CT molecular complexity index is 507. The Hall–Kier alpha value is -1.56. The van der Waals surface area contributed by atoms with Gasteiger partial charge in [0.15, 0.2) is 5.69 Å². The van der Waals surface area contributed by atoms with Crippen molar-refractivity contribution < 1.29 is 13.2 Å². The number of alkyl halides is 3. The lowest BCUT2D eigenvalue weighted by Crippen LogP contribution is -2.07. The van der Waals surface area contributed by atoms with Gasteiger partial charge in [0.2, 0.25) is 0 Å². The molecule has 0 aromatic carbocycles. The van der Waals surface area contributed by atoms with Crippen LogP contribution in [0.2, 0.25) is 5.15 Å². The van der Waals surface area contributed by atoms with Crippen molar-refractivity contribution in [2.24, 2.45) is 0 Å². The van der Waals surface area contributed by atoms with Gasteiger partial charge in [-0.25, -0.2) is 9.67 Å². The molecule has 0 amide bonds. The van der Waals surface area contributed by atoms with Gasteiger partial charge in [0, 0.05) is 18.5 Å². The molecule has 0 N–H and O–H groups in total. The third-order valence-electron chi connectivity index (χ3n) is 1.85. The van der Waals surface area contributed by atoms with Crippen LogP contribution in [0, 0.1) is 0 Å². The maximum atomic E-state index is 12.3. The Kier molecular flexibility index (Phi) is 2.59. The van der Waals surface area contributed by atoms with Crippen LogP contribution < -0.4 is 0 Å². The highest BCUT2D eigenvalue weighted by atomic mass is 35.5. The summed E-state index contributed by atoms with van der Waals surface area (Å²) in [5.41, 5.74) is -0.518. The zero-order chi connectivity index (χ0) is 11.8. The molecule has 16 heavy (non-hydrogen) atoms. The lowest BCUT2D eigenvalue weighted by molar-refractivity contribution is -0.141. The van der Waals surface area contributed by atoms with Gasteiger partial charge in [-0.3, -0.25) is 0 Å². The number of rotatable bonds is 1. The van der Waals surface area contributed by atoms with Gasteiger partial charge >= 0.3 is 6.18 Å². The Labute approximate surface area is 93.5 Å². The van der Waals surface area contributed by atoms with E-state index in [4.69, 9.17) is 11.6 Å². The Balaban J connectivity index is 2.39. The van der Waals surface area contributed by atoms with E-state index >= 15 is 0 Å². The molecule has 2 aromatic rings. The first-order valence-electron chi connectivity index (χ1n) is 4.21. The van der Waals surface area contributed by atoms with Gasteiger partial charge < -0.3 is 0 Å². The van der Waals surface area contributed by atoms with Crippen LogP contribution >= 0.6 is 11.6 Å². The van der Waals surface area contributed by atoms with E-state index in [9.17, 15) is 13.2 Å². The topological polar surface area (TPSA) is 30.7 Å². The fourth-order valence-electron chi connectivity index (χ4n) is 1.15. The smallest absolute Gasteiger partial charge is 0.244 e. The Morgan fingerprint density at radius 1 is 1.25 bits per heavy atom. The molecule has 84 valence electrons. The van der Waals surface area contributed by atoms with E-state index in [1.54, 1.807) is 0 Å². The molecule has 2 rings (SSSR count). The third kappa shape index (κ3) is 2.16. The fourth-order valence-corrected chi connectivity index (χ4v) is 1.32. The summed E-state index contributed by atoms with van der Waals surface area (Å²) in [6, 6.07) is 3.84. The van der Waals surface area contributed by atoms with Crippen molar-refractivity contribution in [3.05, 3.63) is 41.4 Å². The lowest BCUT2D eigenvalue weighted by atomic mass is 10.4. The molecule has 0 aliphatic rings. The van der Waals surface area contributed by atoms with Crippen molar-refractivity contribution in [1.82, 2.24) is 14.8 Å². The highest BCUT2D eigenvalue weighted by molar-refractivity contribution is 6.29. The molecule has 0 bridgehead atoms. The van der Waals surface area contributed by atoms with Crippen molar-refractivity contribution in [2.45, 2.75) is 6.18 Å². The molecule has 3 nitrogen and oxygen atoms in total. The summed E-state index contributed by atoms with van der Waals surface area (Å²) in [5.74, 6) is 0. The third-order valence-corrected chi connectivity index (χ3v) is 2.06. The number of hydrogen-bond acceptors (Lipinski definition) is 2. The summed E-state index contributed by atoms with van der Waals surface area (Å²) in [7, 11) is 0. The van der Waals surface area contributed by atoms with Gasteiger partial charge in [0.1, 0.15) is 5.15 Å². The molecule has 0 saturated carbocycles. The van der Waals surface area contributed by atoms with E-state index < -0.39 is 11.9 Å². The van der Waals surface area contributed by atoms with Crippen LogP contribution in [0.15, 0.2) is 30.6 Å². The predicted octanol–water partition coefficient (Wildman–Crippen LogP) is 2.94. The molecule has 0 aliphatic carbocycles. The molecular weight excluding hydrogens is 243 g/mol. The zero-order valence-corrected chi connectivity index (χ0v) is 8.50. The molecule has 0 unspecified atom stereocenters. The first-order chi connectivity index (χ1) is 7.47. The molecule has 0 fully saturated rings. The van der Waals surface area contributed by atoms with Gasteiger partial charge in [0.05, 0.1) is 5.69 Å². The normalized spacial score (nSPS) is 11.8. The standard InChI is InChI=1S/C9H5ClF3N3/c10-8-5-6(1-3-14-8)16-4-2-7(15-16)9(11,12)13/h1-5H. The summed E-state index contributed by atoms with van der Waals surface area (Å²) in [4.78, 5) is 3.72. The molecular formula is C9H5ClF3N3. The Morgan fingerprint density at radius 2 is 2.00 bits per heavy atom. The molecule has 2 aromatic heterocycles. The predicted molar refractivity (Wildman–Crippen MR) is 51.4 cm³/mol. The second kappa shape index (κ2) is 3.79. The van der Waals surface area contributed by atoms with E-state index in [1.165, 1.54) is 24.5 Å². The molecule has 0 aliphatic heterocycles. The number of hydrogen-bond donors (Lipinski definition) is 0. The summed E-state index contributed by atoms with van der Waals surface area (Å²) < 4.78 is 37.9. The zero-order valence-electron chi connectivity index (χ0n) is 7.74. The SMILES string of the molecule is FC(F)(F)c1ccn(-c2ccnc(Cl)c2)n1. The van der Waals surface area contributed by atoms with Crippen LogP contribution in [0.4, 0.5) is 13.2 Å². The number of nitrogens with zero attached hydrogens (tertiary/aromatic N) is 3. The molecule has 0 saturated heterocycles. The minimum Gasteiger partial charge on any atom is -0.244 e. The molecule has 7 heteroatoms. The molecule has 0 radical (unpaired) electrons. The number of aromatic nitrogens is 3. The van der Waals surface area contributed by atoms with Crippen LogP contribution in [0.1, 0.15) is 5.69 Å². The molecule has 0 spiro atoms. The highest BCUT2D eigenvalue weighted by Crippen LogP contribution is 2.27. The lowest BCUT2D eigenvalue weighted by Gasteiger charge is -2.02. The van der Waals surface area contributed by atoms with Gasteiger partial charge in [-0.2, -0.15) is 18.3 Å². The van der Waals surface area contributed by atoms with Crippen molar-refractivity contribution in [3.8, 4) is 5.69 Å². The van der Waals surface area contributed by atoms with Crippen LogP contribution in [0.25, 0.3) is 5.69 Å². The van der Waals surface area contributed by atoms with Crippen molar-refractivity contribution in [1.29, 1.82) is 0 Å². The van der Waals surface area contributed by atoms with Crippen LogP contribution in [-0.4, -0.2) is 14.8 Å². The molecule has 0 atom stereocenters. The fraction of sp³-hybridized carbons (Fsp3) is 0.111. The summed E-state index contributed by atoms with van der Waals surface area (Å²) in [6.45, 7) is 0. The average Bonchev–Trinajstić information content (AvgIpc) is 2.65. The monoisotopic (exact) mass is 247 g/mol. The average molecular weight is 248 g/mol. The van der Waals surface area contributed by atoms with Crippen LogP contribution in [-0.2, 0) is 6.18 Å².